The summed E-state index contributed by atoms with van der Waals surface area (Å²) in [5.41, 5.74) is 6.72. The number of nitrogens with two attached hydrogens (primary N) is 1. The molecule has 1 aliphatic carbocycles. The first-order valence-electron chi connectivity index (χ1n) is 6.19. The standard InChI is InChI=1S/C13H19N3O.ClH/c1-9-4-2-3-5-12(9)16-13(17)10-8-15-7-6-11(10)14;/h6-9,12H,2-5H2,1H3,(H2,14,15)(H,16,17);1H. The summed E-state index contributed by atoms with van der Waals surface area (Å²) in [6.45, 7) is 2.19. The monoisotopic (exact) mass is 269 g/mol. The Balaban J connectivity index is 0.00000162. The molecule has 0 saturated heterocycles. The summed E-state index contributed by atoms with van der Waals surface area (Å²) < 4.78 is 0. The molecule has 1 saturated carbocycles. The van der Waals surface area contributed by atoms with Gasteiger partial charge in [-0.15, -0.1) is 12.4 Å². The average Bonchev–Trinajstić information content (AvgIpc) is 2.32. The van der Waals surface area contributed by atoms with Crippen LogP contribution in [0.2, 0.25) is 0 Å². The second-order valence-electron chi connectivity index (χ2n) is 4.80. The zero-order chi connectivity index (χ0) is 12.3. The van der Waals surface area contributed by atoms with Gasteiger partial charge in [0.25, 0.3) is 5.91 Å². The van der Waals surface area contributed by atoms with Crippen LogP contribution in [-0.2, 0) is 0 Å². The van der Waals surface area contributed by atoms with E-state index in [1.54, 1.807) is 12.3 Å². The summed E-state index contributed by atoms with van der Waals surface area (Å²) in [7, 11) is 0. The summed E-state index contributed by atoms with van der Waals surface area (Å²) in [6, 6.07) is 1.93. The normalized spacial score (nSPS) is 22.9. The second-order valence-corrected chi connectivity index (χ2v) is 4.80. The van der Waals surface area contributed by atoms with E-state index in [1.807, 2.05) is 0 Å². The Morgan fingerprint density at radius 3 is 2.83 bits per heavy atom. The first-order chi connectivity index (χ1) is 8.18. The molecule has 4 nitrogen and oxygen atoms in total. The van der Waals surface area contributed by atoms with Crippen LogP contribution in [0.1, 0.15) is 43.0 Å². The van der Waals surface area contributed by atoms with Gasteiger partial charge < -0.3 is 11.1 Å². The molecule has 1 aromatic rings. The molecule has 100 valence electrons. The molecule has 1 amide bonds. The highest BCUT2D eigenvalue weighted by Crippen LogP contribution is 2.24. The Morgan fingerprint density at radius 1 is 1.44 bits per heavy atom. The molecular weight excluding hydrogens is 250 g/mol. The van der Waals surface area contributed by atoms with Gasteiger partial charge >= 0.3 is 0 Å². The number of halogens is 1. The van der Waals surface area contributed by atoms with Gasteiger partial charge in [-0.2, -0.15) is 0 Å². The van der Waals surface area contributed by atoms with Crippen LogP contribution in [0.15, 0.2) is 18.5 Å². The van der Waals surface area contributed by atoms with Gasteiger partial charge in [0.05, 0.1) is 5.56 Å². The minimum atomic E-state index is -0.102. The number of hydrogen-bond acceptors (Lipinski definition) is 3. The number of hydrogen-bond donors (Lipinski definition) is 2. The Labute approximate surface area is 114 Å². The number of pyridine rings is 1. The minimum absolute atomic E-state index is 0. The van der Waals surface area contributed by atoms with Gasteiger partial charge in [-0.05, 0) is 24.8 Å². The van der Waals surface area contributed by atoms with Crippen molar-refractivity contribution < 1.29 is 4.79 Å². The van der Waals surface area contributed by atoms with Crippen molar-refractivity contribution in [3.05, 3.63) is 24.0 Å². The largest absolute Gasteiger partial charge is 0.398 e. The van der Waals surface area contributed by atoms with E-state index in [2.05, 4.69) is 17.2 Å². The zero-order valence-electron chi connectivity index (χ0n) is 10.6. The van der Waals surface area contributed by atoms with Crippen LogP contribution >= 0.6 is 12.4 Å². The van der Waals surface area contributed by atoms with Crippen LogP contribution in [0.5, 0.6) is 0 Å². The topological polar surface area (TPSA) is 68.0 Å². The third-order valence-corrected chi connectivity index (χ3v) is 3.53. The van der Waals surface area contributed by atoms with Crippen molar-refractivity contribution in [1.82, 2.24) is 10.3 Å². The zero-order valence-corrected chi connectivity index (χ0v) is 11.4. The van der Waals surface area contributed by atoms with E-state index < -0.39 is 0 Å². The van der Waals surface area contributed by atoms with Crippen LogP contribution in [0.25, 0.3) is 0 Å². The SMILES string of the molecule is CC1CCCCC1NC(=O)c1cnccc1N.Cl. The van der Waals surface area contributed by atoms with Gasteiger partial charge in [0.1, 0.15) is 0 Å². The molecule has 5 heteroatoms. The van der Waals surface area contributed by atoms with Crippen molar-refractivity contribution in [3.8, 4) is 0 Å². The Bertz CT molecular complexity index is 411. The molecule has 2 rings (SSSR count). The van der Waals surface area contributed by atoms with E-state index in [4.69, 9.17) is 5.73 Å². The molecule has 1 fully saturated rings. The van der Waals surface area contributed by atoms with Crippen LogP contribution in [0.3, 0.4) is 0 Å². The molecule has 0 aliphatic heterocycles. The number of nitrogens with one attached hydrogen (secondary N) is 1. The fourth-order valence-corrected chi connectivity index (χ4v) is 2.37. The molecule has 18 heavy (non-hydrogen) atoms. The number of carbonyl (C=O) groups is 1. The first kappa shape index (κ1) is 14.8. The molecule has 2 unspecified atom stereocenters. The molecular formula is C13H20ClN3O. The van der Waals surface area contributed by atoms with E-state index in [9.17, 15) is 4.79 Å². The quantitative estimate of drug-likeness (QED) is 0.866. The van der Waals surface area contributed by atoms with Crippen molar-refractivity contribution in [1.29, 1.82) is 0 Å². The predicted octanol–water partition coefficient (Wildman–Crippen LogP) is 2.39. The fraction of sp³-hybridized carbons (Fsp3) is 0.538. The van der Waals surface area contributed by atoms with E-state index in [1.165, 1.54) is 25.5 Å². The van der Waals surface area contributed by atoms with Crippen molar-refractivity contribution >= 4 is 24.0 Å². The maximum absolute atomic E-state index is 12.0. The lowest BCUT2D eigenvalue weighted by molar-refractivity contribution is 0.0911. The smallest absolute Gasteiger partial charge is 0.255 e. The van der Waals surface area contributed by atoms with Crippen molar-refractivity contribution in [2.45, 2.75) is 38.6 Å². The van der Waals surface area contributed by atoms with Gasteiger partial charge in [-0.25, -0.2) is 0 Å². The summed E-state index contributed by atoms with van der Waals surface area (Å²) in [4.78, 5) is 16.0. The highest BCUT2D eigenvalue weighted by atomic mass is 35.5. The highest BCUT2D eigenvalue weighted by molar-refractivity contribution is 5.98. The Kier molecular flexibility index (Phi) is 5.41. The molecule has 0 bridgehead atoms. The second kappa shape index (κ2) is 6.59. The maximum atomic E-state index is 12.0. The van der Waals surface area contributed by atoms with Crippen molar-refractivity contribution in [2.75, 3.05) is 5.73 Å². The van der Waals surface area contributed by atoms with Gasteiger partial charge in [0, 0.05) is 24.1 Å². The molecule has 1 aliphatic rings. The molecule has 2 atom stereocenters. The number of rotatable bonds is 2. The predicted molar refractivity (Wildman–Crippen MR) is 74.8 cm³/mol. The van der Waals surface area contributed by atoms with Crippen LogP contribution in [0, 0.1) is 5.92 Å². The lowest BCUT2D eigenvalue weighted by Crippen LogP contribution is -2.41. The lowest BCUT2D eigenvalue weighted by atomic mass is 9.86. The summed E-state index contributed by atoms with van der Waals surface area (Å²) in [5.74, 6) is 0.444. The average molecular weight is 270 g/mol. The summed E-state index contributed by atoms with van der Waals surface area (Å²) in [6.07, 6.45) is 7.83. The van der Waals surface area contributed by atoms with E-state index in [-0.39, 0.29) is 24.4 Å². The van der Waals surface area contributed by atoms with Crippen LogP contribution in [-0.4, -0.2) is 16.9 Å². The Morgan fingerprint density at radius 2 is 2.17 bits per heavy atom. The molecule has 1 aromatic heterocycles. The van der Waals surface area contributed by atoms with Crippen LogP contribution in [0.4, 0.5) is 5.69 Å². The minimum Gasteiger partial charge on any atom is -0.398 e. The lowest BCUT2D eigenvalue weighted by Gasteiger charge is -2.29. The molecule has 0 aromatic carbocycles. The number of aromatic nitrogens is 1. The summed E-state index contributed by atoms with van der Waals surface area (Å²) in [5, 5.41) is 3.07. The third kappa shape index (κ3) is 3.35. The molecule has 0 spiro atoms. The van der Waals surface area contributed by atoms with Crippen molar-refractivity contribution in [3.63, 3.8) is 0 Å². The van der Waals surface area contributed by atoms with Gasteiger partial charge in [-0.3, -0.25) is 9.78 Å². The van der Waals surface area contributed by atoms with Gasteiger partial charge in [0.2, 0.25) is 0 Å². The number of nitrogen functional groups attached to an aromatic ring is 1. The fourth-order valence-electron chi connectivity index (χ4n) is 2.37. The maximum Gasteiger partial charge on any atom is 0.255 e. The van der Waals surface area contributed by atoms with E-state index in [0.29, 0.717) is 17.2 Å². The van der Waals surface area contributed by atoms with Crippen LogP contribution < -0.4 is 11.1 Å². The molecule has 0 radical (unpaired) electrons. The highest BCUT2D eigenvalue weighted by Gasteiger charge is 2.23. The number of carbonyl (C=O) groups excluding carboxylic acids is 1. The van der Waals surface area contributed by atoms with Crippen molar-refractivity contribution in [2.24, 2.45) is 5.92 Å². The van der Waals surface area contributed by atoms with E-state index >= 15 is 0 Å². The number of anilines is 1. The van der Waals surface area contributed by atoms with Gasteiger partial charge in [0.15, 0.2) is 0 Å². The first-order valence-corrected chi connectivity index (χ1v) is 6.19. The number of amides is 1. The Hall–Kier alpha value is -1.29. The van der Waals surface area contributed by atoms with E-state index in [0.717, 1.165) is 6.42 Å². The molecule has 3 N–H and O–H groups in total. The molecule has 1 heterocycles. The summed E-state index contributed by atoms with van der Waals surface area (Å²) >= 11 is 0. The van der Waals surface area contributed by atoms with Gasteiger partial charge in [-0.1, -0.05) is 19.8 Å². The third-order valence-electron chi connectivity index (χ3n) is 3.53. The number of nitrogens with zero attached hydrogens (tertiary/aromatic N) is 1.